The fourth-order valence-electron chi connectivity index (χ4n) is 2.05. The Morgan fingerprint density at radius 1 is 1.50 bits per heavy atom. The van der Waals surface area contributed by atoms with Gasteiger partial charge in [0.05, 0.1) is 17.8 Å². The van der Waals surface area contributed by atoms with Crippen LogP contribution >= 0.6 is 0 Å². The van der Waals surface area contributed by atoms with Crippen LogP contribution in [-0.4, -0.2) is 29.9 Å². The maximum absolute atomic E-state index is 8.71. The van der Waals surface area contributed by atoms with Crippen molar-refractivity contribution < 1.29 is 14.7 Å². The average Bonchev–Trinajstić information content (AvgIpc) is 2.81. The molecule has 0 aliphatic carbocycles. The molecule has 1 aromatic carbocycles. The van der Waals surface area contributed by atoms with Crippen LogP contribution in [0.1, 0.15) is 25.3 Å². The highest BCUT2D eigenvalue weighted by Crippen LogP contribution is 2.22. The maximum Gasteiger partial charge on any atom is 0.173 e. The van der Waals surface area contributed by atoms with Crippen molar-refractivity contribution in [1.82, 2.24) is 0 Å². The number of nitrogens with two attached hydrogens (primary N) is 1. The van der Waals surface area contributed by atoms with E-state index in [1.165, 1.54) is 0 Å². The zero-order chi connectivity index (χ0) is 13.0. The number of oxime groups is 1. The molecular formula is C13H18N2O3. The molecule has 3 N–H and O–H groups in total. The summed E-state index contributed by atoms with van der Waals surface area (Å²) in [6, 6.07) is 7.21. The van der Waals surface area contributed by atoms with Gasteiger partial charge in [0.25, 0.3) is 0 Å². The summed E-state index contributed by atoms with van der Waals surface area (Å²) in [5.41, 5.74) is 6.18. The first-order valence-corrected chi connectivity index (χ1v) is 6.06. The van der Waals surface area contributed by atoms with Crippen molar-refractivity contribution in [2.45, 2.75) is 32.0 Å². The summed E-state index contributed by atoms with van der Waals surface area (Å²) >= 11 is 0. The number of amidine groups is 1. The second kappa shape index (κ2) is 5.73. The molecule has 5 nitrogen and oxygen atoms in total. The highest BCUT2D eigenvalue weighted by atomic mass is 16.5. The Balaban J connectivity index is 2.01. The van der Waals surface area contributed by atoms with E-state index in [0.717, 1.165) is 12.8 Å². The van der Waals surface area contributed by atoms with Crippen molar-refractivity contribution in [1.29, 1.82) is 0 Å². The first kappa shape index (κ1) is 12.7. The van der Waals surface area contributed by atoms with Crippen molar-refractivity contribution in [3.63, 3.8) is 0 Å². The number of nitrogens with zero attached hydrogens (tertiary/aromatic N) is 1. The molecule has 5 heteroatoms. The molecule has 2 rings (SSSR count). The molecule has 0 bridgehead atoms. The lowest BCUT2D eigenvalue weighted by Gasteiger charge is -2.14. The molecule has 18 heavy (non-hydrogen) atoms. The van der Waals surface area contributed by atoms with E-state index in [0.29, 0.717) is 24.0 Å². The Kier molecular flexibility index (Phi) is 4.04. The van der Waals surface area contributed by atoms with Crippen molar-refractivity contribution in [2.24, 2.45) is 10.9 Å². The summed E-state index contributed by atoms with van der Waals surface area (Å²) in [7, 11) is 0. The molecule has 98 valence electrons. The first-order valence-electron chi connectivity index (χ1n) is 6.06. The fraction of sp³-hybridized carbons (Fsp3) is 0.462. The molecule has 0 amide bonds. The summed E-state index contributed by atoms with van der Waals surface area (Å²) in [5.74, 6) is 0.655. The molecule has 1 saturated heterocycles. The zero-order valence-corrected chi connectivity index (χ0v) is 10.4. The van der Waals surface area contributed by atoms with E-state index in [4.69, 9.17) is 20.4 Å². The molecule has 0 saturated carbocycles. The van der Waals surface area contributed by atoms with Gasteiger partial charge in [-0.3, -0.25) is 0 Å². The van der Waals surface area contributed by atoms with E-state index in [1.807, 2.05) is 12.1 Å². The van der Waals surface area contributed by atoms with Gasteiger partial charge < -0.3 is 20.4 Å². The van der Waals surface area contributed by atoms with Gasteiger partial charge in [-0.2, -0.15) is 0 Å². The second-order valence-electron chi connectivity index (χ2n) is 4.44. The number of hydrogen-bond donors (Lipinski definition) is 2. The van der Waals surface area contributed by atoms with E-state index in [2.05, 4.69) is 12.1 Å². The molecule has 0 spiro atoms. The van der Waals surface area contributed by atoms with E-state index in [1.54, 1.807) is 12.1 Å². The number of hydrogen-bond acceptors (Lipinski definition) is 4. The summed E-state index contributed by atoms with van der Waals surface area (Å²) in [6.45, 7) is 2.55. The molecule has 1 heterocycles. The standard InChI is InChI=1S/C13H18N2O3/c1-9-6-7-10(18-9)8-17-12-5-3-2-4-11(12)13(14)15-16/h2-5,9-10,16H,6-8H2,1H3,(H2,14,15). The maximum atomic E-state index is 8.71. The topological polar surface area (TPSA) is 77.1 Å². The molecule has 2 unspecified atom stereocenters. The van der Waals surface area contributed by atoms with Gasteiger partial charge in [0.15, 0.2) is 5.84 Å². The normalized spacial score (nSPS) is 24.2. The van der Waals surface area contributed by atoms with Crippen LogP contribution in [0.4, 0.5) is 0 Å². The van der Waals surface area contributed by atoms with Gasteiger partial charge in [-0.05, 0) is 31.9 Å². The monoisotopic (exact) mass is 250 g/mol. The molecule has 1 aliphatic heterocycles. The van der Waals surface area contributed by atoms with Crippen LogP contribution in [0.2, 0.25) is 0 Å². The molecule has 0 aromatic heterocycles. The molecule has 1 aliphatic rings. The van der Waals surface area contributed by atoms with Crippen LogP contribution in [0, 0.1) is 0 Å². The number of para-hydroxylation sites is 1. The summed E-state index contributed by atoms with van der Waals surface area (Å²) in [5, 5.41) is 11.7. The van der Waals surface area contributed by atoms with E-state index in [9.17, 15) is 0 Å². The lowest BCUT2D eigenvalue weighted by atomic mass is 10.2. The minimum absolute atomic E-state index is 0.0475. The third-order valence-corrected chi connectivity index (χ3v) is 3.02. The lowest BCUT2D eigenvalue weighted by molar-refractivity contribution is 0.0264. The largest absolute Gasteiger partial charge is 0.490 e. The second-order valence-corrected chi connectivity index (χ2v) is 4.44. The van der Waals surface area contributed by atoms with Crippen LogP contribution in [0.3, 0.4) is 0 Å². The minimum atomic E-state index is 0.0475. The average molecular weight is 250 g/mol. The van der Waals surface area contributed by atoms with Gasteiger partial charge in [-0.15, -0.1) is 0 Å². The summed E-state index contributed by atoms with van der Waals surface area (Å²) in [6.07, 6.45) is 2.50. The van der Waals surface area contributed by atoms with E-state index in [-0.39, 0.29) is 11.9 Å². The fourth-order valence-corrected chi connectivity index (χ4v) is 2.05. The molecular weight excluding hydrogens is 232 g/mol. The number of ether oxygens (including phenoxy) is 2. The third kappa shape index (κ3) is 2.92. The van der Waals surface area contributed by atoms with Gasteiger partial charge in [-0.25, -0.2) is 0 Å². The molecule has 1 aromatic rings. The predicted octanol–water partition coefficient (Wildman–Crippen LogP) is 1.73. The minimum Gasteiger partial charge on any atom is -0.490 e. The molecule has 2 atom stereocenters. The van der Waals surface area contributed by atoms with Gasteiger partial charge in [0.2, 0.25) is 0 Å². The van der Waals surface area contributed by atoms with Gasteiger partial charge in [0.1, 0.15) is 12.4 Å². The molecule has 1 fully saturated rings. The van der Waals surface area contributed by atoms with E-state index < -0.39 is 0 Å². The Bertz CT molecular complexity index is 434. The first-order chi connectivity index (χ1) is 8.70. The lowest BCUT2D eigenvalue weighted by Crippen LogP contribution is -2.20. The Labute approximate surface area is 106 Å². The van der Waals surface area contributed by atoms with Gasteiger partial charge in [0, 0.05) is 0 Å². The quantitative estimate of drug-likeness (QED) is 0.369. The van der Waals surface area contributed by atoms with Gasteiger partial charge >= 0.3 is 0 Å². The van der Waals surface area contributed by atoms with E-state index >= 15 is 0 Å². The van der Waals surface area contributed by atoms with Crippen LogP contribution < -0.4 is 10.5 Å². The number of rotatable bonds is 4. The predicted molar refractivity (Wildman–Crippen MR) is 68.0 cm³/mol. The third-order valence-electron chi connectivity index (χ3n) is 3.02. The summed E-state index contributed by atoms with van der Waals surface area (Å²) < 4.78 is 11.4. The van der Waals surface area contributed by atoms with Crippen molar-refractivity contribution in [3.8, 4) is 5.75 Å². The highest BCUT2D eigenvalue weighted by Gasteiger charge is 2.22. The van der Waals surface area contributed by atoms with Crippen LogP contribution in [0.5, 0.6) is 5.75 Å². The Morgan fingerprint density at radius 3 is 2.94 bits per heavy atom. The SMILES string of the molecule is CC1CCC(COc2ccccc2/C(N)=N/O)O1. The molecule has 0 radical (unpaired) electrons. The zero-order valence-electron chi connectivity index (χ0n) is 10.4. The van der Waals surface area contributed by atoms with Crippen molar-refractivity contribution >= 4 is 5.84 Å². The Morgan fingerprint density at radius 2 is 2.28 bits per heavy atom. The van der Waals surface area contributed by atoms with Gasteiger partial charge in [-0.1, -0.05) is 17.3 Å². The highest BCUT2D eigenvalue weighted by molar-refractivity contribution is 5.99. The van der Waals surface area contributed by atoms with Crippen LogP contribution in [-0.2, 0) is 4.74 Å². The van der Waals surface area contributed by atoms with Crippen LogP contribution in [0.25, 0.3) is 0 Å². The Hall–Kier alpha value is -1.75. The van der Waals surface area contributed by atoms with Crippen LogP contribution in [0.15, 0.2) is 29.4 Å². The number of benzene rings is 1. The smallest absolute Gasteiger partial charge is 0.173 e. The summed E-state index contributed by atoms with van der Waals surface area (Å²) in [4.78, 5) is 0. The van der Waals surface area contributed by atoms with Crippen molar-refractivity contribution in [2.75, 3.05) is 6.61 Å². The van der Waals surface area contributed by atoms with Crippen molar-refractivity contribution in [3.05, 3.63) is 29.8 Å².